The van der Waals surface area contributed by atoms with Crippen molar-refractivity contribution in [2.75, 3.05) is 6.61 Å². The molecule has 1 N–H and O–H groups in total. The summed E-state index contributed by atoms with van der Waals surface area (Å²) in [5.74, 6) is 1.07. The third-order valence-electron chi connectivity index (χ3n) is 1.97. The third kappa shape index (κ3) is 3.52. The van der Waals surface area contributed by atoms with Crippen molar-refractivity contribution in [2.45, 2.75) is 38.5 Å². The van der Waals surface area contributed by atoms with Crippen LogP contribution in [-0.4, -0.2) is 11.7 Å². The zero-order chi connectivity index (χ0) is 6.53. The Bertz CT molecular complexity index is 67.0. The fourth-order valence-corrected chi connectivity index (χ4v) is 1.13. The van der Waals surface area contributed by atoms with Crippen molar-refractivity contribution in [1.29, 1.82) is 0 Å². The monoisotopic (exact) mass is 128 g/mol. The topological polar surface area (TPSA) is 20.2 Å². The van der Waals surface area contributed by atoms with Crippen molar-refractivity contribution in [2.24, 2.45) is 5.92 Å². The summed E-state index contributed by atoms with van der Waals surface area (Å²) >= 11 is 0. The van der Waals surface area contributed by atoms with Gasteiger partial charge in [0, 0.05) is 6.61 Å². The van der Waals surface area contributed by atoms with E-state index in [1.807, 2.05) is 0 Å². The molecule has 0 aromatic heterocycles. The van der Waals surface area contributed by atoms with Gasteiger partial charge in [-0.25, -0.2) is 0 Å². The number of rotatable bonds is 5. The van der Waals surface area contributed by atoms with E-state index in [1.165, 1.54) is 32.1 Å². The minimum atomic E-state index is 0.380. The highest BCUT2D eigenvalue weighted by atomic mass is 16.2. The zero-order valence-corrected chi connectivity index (χ0v) is 5.97. The average Bonchev–Trinajstić information content (AvgIpc) is 2.63. The summed E-state index contributed by atoms with van der Waals surface area (Å²) in [7, 11) is 0. The molecule has 0 aliphatic heterocycles. The highest BCUT2D eigenvalue weighted by Crippen LogP contribution is 2.33. The molecule has 1 rings (SSSR count). The van der Waals surface area contributed by atoms with Crippen LogP contribution in [-0.2, 0) is 0 Å². The maximum Gasteiger partial charge on any atom is 0.0431 e. The molecule has 0 aromatic rings. The summed E-state index contributed by atoms with van der Waals surface area (Å²) in [5, 5.41) is 8.45. The van der Waals surface area contributed by atoms with Crippen LogP contribution < -0.4 is 0 Å². The Hall–Kier alpha value is -0.0400. The number of aliphatic hydroxyl groups excluding tert-OH is 1. The average molecular weight is 128 g/mol. The number of aliphatic hydroxyl groups is 1. The van der Waals surface area contributed by atoms with Gasteiger partial charge in [0.15, 0.2) is 0 Å². The normalized spacial score (nSPS) is 18.3. The minimum Gasteiger partial charge on any atom is -0.396 e. The van der Waals surface area contributed by atoms with Gasteiger partial charge < -0.3 is 5.11 Å². The molecule has 0 spiro atoms. The summed E-state index contributed by atoms with van der Waals surface area (Å²) in [5.41, 5.74) is 0. The highest BCUT2D eigenvalue weighted by molar-refractivity contribution is 4.72. The van der Waals surface area contributed by atoms with Crippen LogP contribution in [0.1, 0.15) is 38.5 Å². The van der Waals surface area contributed by atoms with Crippen LogP contribution in [0.3, 0.4) is 0 Å². The van der Waals surface area contributed by atoms with E-state index in [1.54, 1.807) is 0 Å². The lowest BCUT2D eigenvalue weighted by Gasteiger charge is -1.95. The van der Waals surface area contributed by atoms with Gasteiger partial charge in [0.1, 0.15) is 0 Å². The lowest BCUT2D eigenvalue weighted by Crippen LogP contribution is -1.83. The van der Waals surface area contributed by atoms with E-state index < -0.39 is 0 Å². The molecule has 0 radical (unpaired) electrons. The first kappa shape index (κ1) is 7.07. The van der Waals surface area contributed by atoms with Gasteiger partial charge in [-0.05, 0) is 12.3 Å². The van der Waals surface area contributed by atoms with Gasteiger partial charge >= 0.3 is 0 Å². The van der Waals surface area contributed by atoms with Crippen LogP contribution in [0.25, 0.3) is 0 Å². The Kier molecular flexibility index (Phi) is 3.05. The Morgan fingerprint density at radius 2 is 1.89 bits per heavy atom. The standard InChI is InChI=1S/C8H16O/c9-7-3-1-2-4-8-5-6-8/h8-9H,1-7H2. The molecule has 54 valence electrons. The minimum absolute atomic E-state index is 0.380. The van der Waals surface area contributed by atoms with Crippen LogP contribution in [0.2, 0.25) is 0 Å². The summed E-state index contributed by atoms with van der Waals surface area (Å²) < 4.78 is 0. The molecule has 1 fully saturated rings. The van der Waals surface area contributed by atoms with Gasteiger partial charge in [-0.15, -0.1) is 0 Å². The largest absolute Gasteiger partial charge is 0.396 e. The lowest BCUT2D eigenvalue weighted by atomic mass is 10.1. The second-order valence-corrected chi connectivity index (χ2v) is 3.02. The van der Waals surface area contributed by atoms with E-state index in [0.717, 1.165) is 12.3 Å². The summed E-state index contributed by atoms with van der Waals surface area (Å²) in [4.78, 5) is 0. The zero-order valence-electron chi connectivity index (χ0n) is 5.97. The fourth-order valence-electron chi connectivity index (χ4n) is 1.13. The van der Waals surface area contributed by atoms with E-state index in [2.05, 4.69) is 0 Å². The maximum atomic E-state index is 8.45. The molecule has 1 nitrogen and oxygen atoms in total. The highest BCUT2D eigenvalue weighted by Gasteiger charge is 2.19. The van der Waals surface area contributed by atoms with E-state index in [9.17, 15) is 0 Å². The molecule has 0 bridgehead atoms. The van der Waals surface area contributed by atoms with Crippen molar-refractivity contribution in [3.8, 4) is 0 Å². The third-order valence-corrected chi connectivity index (χ3v) is 1.97. The van der Waals surface area contributed by atoms with Gasteiger partial charge in [0.25, 0.3) is 0 Å². The van der Waals surface area contributed by atoms with E-state index >= 15 is 0 Å². The second kappa shape index (κ2) is 3.89. The predicted molar refractivity (Wildman–Crippen MR) is 38.3 cm³/mol. The van der Waals surface area contributed by atoms with Gasteiger partial charge in [-0.2, -0.15) is 0 Å². The molecule has 0 aromatic carbocycles. The second-order valence-electron chi connectivity index (χ2n) is 3.02. The first-order valence-corrected chi connectivity index (χ1v) is 4.04. The van der Waals surface area contributed by atoms with Crippen LogP contribution >= 0.6 is 0 Å². The van der Waals surface area contributed by atoms with Gasteiger partial charge in [-0.3, -0.25) is 0 Å². The summed E-state index contributed by atoms with van der Waals surface area (Å²) in [6.45, 7) is 0.380. The summed E-state index contributed by atoms with van der Waals surface area (Å²) in [6.07, 6.45) is 7.93. The lowest BCUT2D eigenvalue weighted by molar-refractivity contribution is 0.282. The first-order chi connectivity index (χ1) is 4.43. The molecule has 1 saturated carbocycles. The van der Waals surface area contributed by atoms with Crippen LogP contribution in [0.5, 0.6) is 0 Å². The molecule has 1 aliphatic rings. The first-order valence-electron chi connectivity index (χ1n) is 4.04. The Morgan fingerprint density at radius 3 is 2.44 bits per heavy atom. The van der Waals surface area contributed by atoms with Crippen molar-refractivity contribution in [1.82, 2.24) is 0 Å². The fraction of sp³-hybridized carbons (Fsp3) is 1.00. The molecule has 1 heteroatoms. The summed E-state index contributed by atoms with van der Waals surface area (Å²) in [6, 6.07) is 0. The molecule has 0 heterocycles. The molecular weight excluding hydrogens is 112 g/mol. The molecular formula is C8H16O. The van der Waals surface area contributed by atoms with Crippen molar-refractivity contribution in [3.63, 3.8) is 0 Å². The molecule has 1 aliphatic carbocycles. The Balaban J connectivity index is 1.71. The van der Waals surface area contributed by atoms with Crippen molar-refractivity contribution in [3.05, 3.63) is 0 Å². The van der Waals surface area contributed by atoms with Gasteiger partial charge in [-0.1, -0.05) is 32.1 Å². The number of hydrogen-bond donors (Lipinski definition) is 1. The predicted octanol–water partition coefficient (Wildman–Crippen LogP) is 1.95. The molecule has 0 unspecified atom stereocenters. The maximum absolute atomic E-state index is 8.45. The van der Waals surface area contributed by atoms with Crippen molar-refractivity contribution < 1.29 is 5.11 Å². The Morgan fingerprint density at radius 1 is 1.11 bits per heavy atom. The van der Waals surface area contributed by atoms with Gasteiger partial charge in [0.2, 0.25) is 0 Å². The van der Waals surface area contributed by atoms with Crippen LogP contribution in [0, 0.1) is 5.92 Å². The molecule has 0 amide bonds. The molecule has 0 saturated heterocycles. The quantitative estimate of drug-likeness (QED) is 0.561. The Labute approximate surface area is 57.1 Å². The van der Waals surface area contributed by atoms with Gasteiger partial charge in [0.05, 0.1) is 0 Å². The smallest absolute Gasteiger partial charge is 0.0431 e. The molecule has 0 atom stereocenters. The van der Waals surface area contributed by atoms with E-state index in [0.29, 0.717) is 6.61 Å². The number of unbranched alkanes of at least 4 members (excludes halogenated alkanes) is 2. The van der Waals surface area contributed by atoms with E-state index in [4.69, 9.17) is 5.11 Å². The van der Waals surface area contributed by atoms with Crippen LogP contribution in [0.4, 0.5) is 0 Å². The SMILES string of the molecule is OCCCCCC1CC1. The van der Waals surface area contributed by atoms with Crippen LogP contribution in [0.15, 0.2) is 0 Å². The number of hydrogen-bond acceptors (Lipinski definition) is 1. The van der Waals surface area contributed by atoms with E-state index in [-0.39, 0.29) is 0 Å². The van der Waals surface area contributed by atoms with Crippen molar-refractivity contribution >= 4 is 0 Å². The molecule has 9 heavy (non-hydrogen) atoms.